The van der Waals surface area contributed by atoms with Gasteiger partial charge in [-0.2, -0.15) is 0 Å². The van der Waals surface area contributed by atoms with Crippen LogP contribution < -0.4 is 0 Å². The van der Waals surface area contributed by atoms with Gasteiger partial charge >= 0.3 is 5.97 Å². The Morgan fingerprint density at radius 1 is 1.33 bits per heavy atom. The number of carbonyl (C=O) groups excluding carboxylic acids is 1. The smallest absolute Gasteiger partial charge is 0.331 e. The molecule has 0 aliphatic carbocycles. The zero-order valence-corrected chi connectivity index (χ0v) is 11.6. The van der Waals surface area contributed by atoms with Gasteiger partial charge in [0.15, 0.2) is 6.04 Å². The predicted molar refractivity (Wildman–Crippen MR) is 72.8 cm³/mol. The molecule has 1 atom stereocenters. The Morgan fingerprint density at radius 2 is 2.11 bits per heavy atom. The maximum atomic E-state index is 11.6. The van der Waals surface area contributed by atoms with Crippen molar-refractivity contribution in [3.05, 3.63) is 34.0 Å². The van der Waals surface area contributed by atoms with Gasteiger partial charge in [-0.3, -0.25) is 0 Å². The summed E-state index contributed by atoms with van der Waals surface area (Å²) < 4.78 is 7.47. The lowest BCUT2D eigenvalue weighted by molar-refractivity contribution is -0.140. The highest BCUT2D eigenvalue weighted by molar-refractivity contribution is 14.1. The molecule has 2 aromatic rings. The fraction of sp³-hybridized carbons (Fsp3) is 0.250. The number of aromatic nitrogens is 3. The van der Waals surface area contributed by atoms with E-state index >= 15 is 0 Å². The first-order chi connectivity index (χ1) is 8.77. The van der Waals surface area contributed by atoms with Crippen LogP contribution in [0.2, 0.25) is 0 Å². The minimum Gasteiger partial charge on any atom is -0.464 e. The number of nitrogens with zero attached hydrogens (tertiary/aromatic N) is 3. The topological polar surface area (TPSA) is 57.0 Å². The van der Waals surface area contributed by atoms with Gasteiger partial charge in [-0.15, -0.1) is 5.10 Å². The number of ether oxygens (including phenoxy) is 1. The number of rotatable bonds is 2. The maximum Gasteiger partial charge on any atom is 0.331 e. The van der Waals surface area contributed by atoms with Crippen LogP contribution in [0, 0.1) is 3.70 Å². The summed E-state index contributed by atoms with van der Waals surface area (Å²) in [6, 6.07) is 9.48. The summed E-state index contributed by atoms with van der Waals surface area (Å²) in [6.45, 7) is 0.458. The molecule has 0 spiro atoms. The summed E-state index contributed by atoms with van der Waals surface area (Å²) in [5, 5.41) is 8.25. The summed E-state index contributed by atoms with van der Waals surface area (Å²) in [5.74, 6) is -0.225. The fourth-order valence-corrected chi connectivity index (χ4v) is 2.81. The van der Waals surface area contributed by atoms with Gasteiger partial charge < -0.3 is 4.74 Å². The molecular weight excluding hydrogens is 345 g/mol. The van der Waals surface area contributed by atoms with Gasteiger partial charge in [0.2, 0.25) is 0 Å². The maximum absolute atomic E-state index is 11.6. The van der Waals surface area contributed by atoms with Gasteiger partial charge in [0.1, 0.15) is 9.39 Å². The van der Waals surface area contributed by atoms with E-state index in [0.29, 0.717) is 13.0 Å². The SMILES string of the molecule is O=C1OCCC1n1nnc(-c2ccccc2)c1I. The van der Waals surface area contributed by atoms with E-state index in [9.17, 15) is 4.79 Å². The standard InChI is InChI=1S/C12H10IN3O2/c13-11-10(8-4-2-1-3-5-8)14-15-16(11)9-6-7-18-12(9)17/h1-5,9H,6-7H2. The fourth-order valence-electron chi connectivity index (χ4n) is 1.96. The van der Waals surface area contributed by atoms with Crippen LogP contribution in [-0.4, -0.2) is 27.6 Å². The molecule has 18 heavy (non-hydrogen) atoms. The van der Waals surface area contributed by atoms with Crippen molar-refractivity contribution in [1.29, 1.82) is 0 Å². The number of cyclic esters (lactones) is 1. The van der Waals surface area contributed by atoms with Crippen LogP contribution in [0.4, 0.5) is 0 Å². The quantitative estimate of drug-likeness (QED) is 0.611. The summed E-state index contributed by atoms with van der Waals surface area (Å²) in [7, 11) is 0. The first-order valence-electron chi connectivity index (χ1n) is 5.60. The van der Waals surface area contributed by atoms with Gasteiger partial charge in [-0.05, 0) is 22.6 Å². The molecule has 92 valence electrons. The van der Waals surface area contributed by atoms with Crippen LogP contribution in [0.1, 0.15) is 12.5 Å². The monoisotopic (exact) mass is 355 g/mol. The van der Waals surface area contributed by atoms with Crippen molar-refractivity contribution < 1.29 is 9.53 Å². The molecule has 3 rings (SSSR count). The van der Waals surface area contributed by atoms with Crippen molar-refractivity contribution in [2.24, 2.45) is 0 Å². The zero-order valence-electron chi connectivity index (χ0n) is 9.41. The minimum atomic E-state index is -0.332. The number of hydrogen-bond donors (Lipinski definition) is 0. The van der Waals surface area contributed by atoms with Gasteiger partial charge in [0.05, 0.1) is 6.61 Å². The number of halogens is 1. The third-order valence-corrected chi connectivity index (χ3v) is 3.89. The molecule has 0 radical (unpaired) electrons. The molecular formula is C12H10IN3O2. The Labute approximate surface area is 117 Å². The Hall–Kier alpha value is -1.44. The molecule has 1 aliphatic rings. The van der Waals surface area contributed by atoms with Crippen LogP contribution >= 0.6 is 22.6 Å². The van der Waals surface area contributed by atoms with E-state index in [1.165, 1.54) is 0 Å². The second-order valence-electron chi connectivity index (χ2n) is 4.01. The number of hydrogen-bond acceptors (Lipinski definition) is 4. The van der Waals surface area contributed by atoms with E-state index in [1.807, 2.05) is 30.3 Å². The second kappa shape index (κ2) is 4.68. The largest absolute Gasteiger partial charge is 0.464 e. The zero-order chi connectivity index (χ0) is 12.5. The van der Waals surface area contributed by atoms with Gasteiger partial charge in [0.25, 0.3) is 0 Å². The Morgan fingerprint density at radius 3 is 2.78 bits per heavy atom. The first-order valence-corrected chi connectivity index (χ1v) is 6.68. The highest BCUT2D eigenvalue weighted by Crippen LogP contribution is 2.27. The van der Waals surface area contributed by atoms with E-state index in [1.54, 1.807) is 4.68 Å². The van der Waals surface area contributed by atoms with Gasteiger partial charge in [0, 0.05) is 12.0 Å². The molecule has 2 heterocycles. The highest BCUT2D eigenvalue weighted by atomic mass is 127. The molecule has 6 heteroatoms. The van der Waals surface area contributed by atoms with Crippen LogP contribution in [0.15, 0.2) is 30.3 Å². The van der Waals surface area contributed by atoms with Crippen molar-refractivity contribution in [2.45, 2.75) is 12.5 Å². The Kier molecular flexibility index (Phi) is 3.02. The number of carbonyl (C=O) groups is 1. The minimum absolute atomic E-state index is 0.225. The molecule has 1 saturated heterocycles. The van der Waals surface area contributed by atoms with Crippen molar-refractivity contribution in [3.8, 4) is 11.3 Å². The van der Waals surface area contributed by atoms with Gasteiger partial charge in [-0.25, -0.2) is 9.48 Å². The average Bonchev–Trinajstić information content (AvgIpc) is 2.96. The van der Waals surface area contributed by atoms with E-state index < -0.39 is 0 Å². The van der Waals surface area contributed by atoms with E-state index in [2.05, 4.69) is 32.9 Å². The highest BCUT2D eigenvalue weighted by Gasteiger charge is 2.31. The van der Waals surface area contributed by atoms with Crippen molar-refractivity contribution >= 4 is 28.6 Å². The third-order valence-electron chi connectivity index (χ3n) is 2.89. The predicted octanol–water partition coefficient (Wildman–Crippen LogP) is 2.04. The molecule has 1 aromatic heterocycles. The molecule has 1 fully saturated rings. The summed E-state index contributed by atoms with van der Waals surface area (Å²) in [6.07, 6.45) is 0.659. The number of benzene rings is 1. The van der Waals surface area contributed by atoms with Crippen LogP contribution in [0.5, 0.6) is 0 Å². The van der Waals surface area contributed by atoms with E-state index in [4.69, 9.17) is 4.74 Å². The van der Waals surface area contributed by atoms with Crippen LogP contribution in [0.25, 0.3) is 11.3 Å². The van der Waals surface area contributed by atoms with E-state index in [0.717, 1.165) is 15.0 Å². The summed E-state index contributed by atoms with van der Waals surface area (Å²) >= 11 is 2.17. The molecule has 0 bridgehead atoms. The lowest BCUT2D eigenvalue weighted by Crippen LogP contribution is -2.17. The third kappa shape index (κ3) is 1.90. The normalized spacial score (nSPS) is 18.9. The molecule has 1 unspecified atom stereocenters. The molecule has 5 nitrogen and oxygen atoms in total. The summed E-state index contributed by atoms with van der Waals surface area (Å²) in [4.78, 5) is 11.6. The molecule has 0 amide bonds. The Bertz CT molecular complexity index is 582. The van der Waals surface area contributed by atoms with Crippen LogP contribution in [0.3, 0.4) is 0 Å². The van der Waals surface area contributed by atoms with Gasteiger partial charge in [-0.1, -0.05) is 35.5 Å². The lowest BCUT2D eigenvalue weighted by Gasteiger charge is -2.06. The van der Waals surface area contributed by atoms with Crippen LogP contribution in [-0.2, 0) is 9.53 Å². The second-order valence-corrected chi connectivity index (χ2v) is 5.03. The average molecular weight is 355 g/mol. The number of esters is 1. The first kappa shape index (κ1) is 11.6. The lowest BCUT2D eigenvalue weighted by atomic mass is 10.2. The summed E-state index contributed by atoms with van der Waals surface area (Å²) in [5.41, 5.74) is 1.80. The molecule has 1 aliphatic heterocycles. The molecule has 0 N–H and O–H groups in total. The molecule has 1 aromatic carbocycles. The Balaban J connectivity index is 2.00. The molecule has 0 saturated carbocycles. The van der Waals surface area contributed by atoms with Crippen molar-refractivity contribution in [1.82, 2.24) is 15.0 Å². The van der Waals surface area contributed by atoms with Crippen molar-refractivity contribution in [3.63, 3.8) is 0 Å². The van der Waals surface area contributed by atoms with Crippen molar-refractivity contribution in [2.75, 3.05) is 6.61 Å². The van der Waals surface area contributed by atoms with E-state index in [-0.39, 0.29) is 12.0 Å².